The highest BCUT2D eigenvalue weighted by Crippen LogP contribution is 2.33. The van der Waals surface area contributed by atoms with Gasteiger partial charge in [0.1, 0.15) is 5.78 Å². The second-order valence-electron chi connectivity index (χ2n) is 17.7. The van der Waals surface area contributed by atoms with E-state index in [0.717, 1.165) is 17.8 Å². The van der Waals surface area contributed by atoms with Crippen molar-refractivity contribution in [1.82, 2.24) is 20.1 Å². The number of pyridine rings is 1. The zero-order valence-corrected chi connectivity index (χ0v) is 41.1. The molecule has 0 aliphatic carbocycles. The fourth-order valence-corrected chi connectivity index (χ4v) is 7.26. The summed E-state index contributed by atoms with van der Waals surface area (Å²) in [5, 5.41) is 5.67. The highest BCUT2D eigenvalue weighted by Gasteiger charge is 2.30. The van der Waals surface area contributed by atoms with Crippen LogP contribution >= 0.6 is 0 Å². The molecule has 0 radical (unpaired) electrons. The van der Waals surface area contributed by atoms with Crippen LogP contribution in [0.25, 0.3) is 11.3 Å². The first-order valence-corrected chi connectivity index (χ1v) is 23.3. The minimum atomic E-state index is -4.51. The van der Waals surface area contributed by atoms with E-state index in [0.29, 0.717) is 126 Å². The highest BCUT2D eigenvalue weighted by molar-refractivity contribution is 6.08. The van der Waals surface area contributed by atoms with E-state index in [9.17, 15) is 32.3 Å². The average molecular weight is 963 g/mol. The largest absolute Gasteiger partial charge is 0.416 e. The molecule has 3 amide bonds. The lowest BCUT2D eigenvalue weighted by atomic mass is 9.89. The van der Waals surface area contributed by atoms with Crippen LogP contribution < -0.4 is 15.5 Å². The molecular weight excluding hydrogens is 894 g/mol. The quantitative estimate of drug-likeness (QED) is 0.0507. The standard InChI is InChI=1S/C52H69F3N6O8/c1-8-61(9-2)43-16-17-46(45(35-43)47-34-40(18-20-56-47)48(63)57-37-38-12-10-15-42(32-38)52(53,54)55)58-49(64)39-13-11-14-41(33-39)50(65)59(6)21-22-60(23-26-66-7)24-27-68-29-31-69-30-28-67-25-19-44(62)36-51(3,4)5/h10-18,20,32-35H,8-9,19,21-31,36-37H2,1-7H3,(H,57,63)(H,58,64). The van der Waals surface area contributed by atoms with E-state index in [1.54, 1.807) is 55.5 Å². The topological polar surface area (TPSA) is 152 Å². The van der Waals surface area contributed by atoms with E-state index in [4.69, 9.17) is 18.9 Å². The van der Waals surface area contributed by atoms with E-state index < -0.39 is 23.6 Å². The summed E-state index contributed by atoms with van der Waals surface area (Å²) in [4.78, 5) is 63.3. The van der Waals surface area contributed by atoms with E-state index in [1.165, 1.54) is 24.4 Å². The number of ketones is 1. The van der Waals surface area contributed by atoms with Crippen molar-refractivity contribution in [2.75, 3.05) is 110 Å². The third-order valence-electron chi connectivity index (χ3n) is 11.0. The van der Waals surface area contributed by atoms with Crippen molar-refractivity contribution in [2.24, 2.45) is 5.41 Å². The van der Waals surface area contributed by atoms with Gasteiger partial charge < -0.3 is 39.4 Å². The van der Waals surface area contributed by atoms with Gasteiger partial charge in [0.15, 0.2) is 0 Å². The monoisotopic (exact) mass is 963 g/mol. The van der Waals surface area contributed by atoms with Gasteiger partial charge in [0, 0.05) is 107 Å². The van der Waals surface area contributed by atoms with Crippen LogP contribution in [0, 0.1) is 5.41 Å². The predicted molar refractivity (Wildman–Crippen MR) is 262 cm³/mol. The number of carbonyl (C=O) groups is 4. The molecule has 4 aromatic rings. The summed E-state index contributed by atoms with van der Waals surface area (Å²) in [7, 11) is 3.34. The molecule has 0 atom stereocenters. The zero-order chi connectivity index (χ0) is 50.4. The van der Waals surface area contributed by atoms with Crippen molar-refractivity contribution in [3.63, 3.8) is 0 Å². The number of likely N-dealkylation sites (N-methyl/N-ethyl adjacent to an activating group) is 1. The second kappa shape index (κ2) is 28.1. The fraction of sp³-hybridized carbons (Fsp3) is 0.481. The summed E-state index contributed by atoms with van der Waals surface area (Å²) in [5.41, 5.74) is 2.45. The van der Waals surface area contributed by atoms with Gasteiger partial charge in [-0.1, -0.05) is 39.0 Å². The molecule has 1 aromatic heterocycles. The number of Topliss-reactive ketones (excluding diaryl/α,β-unsaturated/α-hetero) is 1. The minimum absolute atomic E-state index is 0.0257. The number of nitrogens with zero attached hydrogens (tertiary/aromatic N) is 4. The summed E-state index contributed by atoms with van der Waals surface area (Å²) < 4.78 is 62.1. The molecule has 0 unspecified atom stereocenters. The fourth-order valence-electron chi connectivity index (χ4n) is 7.26. The van der Waals surface area contributed by atoms with Crippen LogP contribution in [0.3, 0.4) is 0 Å². The van der Waals surface area contributed by atoms with Crippen molar-refractivity contribution in [3.05, 3.63) is 113 Å². The maximum atomic E-state index is 13.9. The van der Waals surface area contributed by atoms with Gasteiger partial charge in [-0.2, -0.15) is 13.2 Å². The van der Waals surface area contributed by atoms with Crippen molar-refractivity contribution >= 4 is 34.9 Å². The van der Waals surface area contributed by atoms with Crippen LogP contribution in [-0.2, 0) is 36.5 Å². The molecule has 69 heavy (non-hydrogen) atoms. The Bertz CT molecular complexity index is 2270. The summed E-state index contributed by atoms with van der Waals surface area (Å²) in [6, 6.07) is 19.8. The normalized spacial score (nSPS) is 11.7. The average Bonchev–Trinajstić information content (AvgIpc) is 3.32. The third kappa shape index (κ3) is 19.3. The lowest BCUT2D eigenvalue weighted by Crippen LogP contribution is -2.39. The van der Waals surface area contributed by atoms with Crippen molar-refractivity contribution in [3.8, 4) is 11.3 Å². The number of hydrogen-bond acceptors (Lipinski definition) is 11. The Morgan fingerprint density at radius 1 is 0.696 bits per heavy atom. The first-order valence-electron chi connectivity index (χ1n) is 23.3. The smallest absolute Gasteiger partial charge is 0.383 e. The maximum Gasteiger partial charge on any atom is 0.416 e. The lowest BCUT2D eigenvalue weighted by molar-refractivity contribution is -0.137. The first kappa shape index (κ1) is 55.9. The van der Waals surface area contributed by atoms with Gasteiger partial charge in [-0.25, -0.2) is 0 Å². The number of benzene rings is 3. The molecule has 0 fully saturated rings. The molecule has 0 saturated heterocycles. The van der Waals surface area contributed by atoms with Gasteiger partial charge in [0.05, 0.1) is 63.2 Å². The Hall–Kier alpha value is -5.72. The number of alkyl halides is 3. The molecule has 1 heterocycles. The lowest BCUT2D eigenvalue weighted by Gasteiger charge is -2.25. The van der Waals surface area contributed by atoms with Gasteiger partial charge in [-0.15, -0.1) is 0 Å². The molecule has 376 valence electrons. The van der Waals surface area contributed by atoms with Gasteiger partial charge in [0.25, 0.3) is 17.7 Å². The molecule has 4 rings (SSSR count). The molecular formula is C52H69F3N6O8. The Kier molecular flexibility index (Phi) is 22.7. The van der Waals surface area contributed by atoms with Gasteiger partial charge in [0.2, 0.25) is 0 Å². The van der Waals surface area contributed by atoms with Gasteiger partial charge in [-0.3, -0.25) is 29.1 Å². The van der Waals surface area contributed by atoms with Crippen LogP contribution in [-0.4, -0.2) is 138 Å². The van der Waals surface area contributed by atoms with Crippen LogP contribution in [0.2, 0.25) is 0 Å². The Morgan fingerprint density at radius 2 is 1.35 bits per heavy atom. The number of ether oxygens (including phenoxy) is 4. The minimum Gasteiger partial charge on any atom is -0.383 e. The van der Waals surface area contributed by atoms with E-state index >= 15 is 0 Å². The number of nitrogens with one attached hydrogen (secondary N) is 2. The number of anilines is 2. The maximum absolute atomic E-state index is 13.9. The number of methoxy groups -OCH3 is 1. The number of hydrogen-bond donors (Lipinski definition) is 2. The summed E-state index contributed by atoms with van der Waals surface area (Å²) >= 11 is 0. The SMILES string of the molecule is CCN(CC)c1ccc(NC(=O)c2cccc(C(=O)N(C)CCN(CCOC)CCOCCOCCOCCC(=O)CC(C)(C)C)c2)c(-c2cc(C(=O)NCc3cccc(C(F)(F)F)c3)ccn2)c1. The molecule has 17 heteroatoms. The molecule has 0 spiro atoms. The molecule has 0 aliphatic rings. The Labute approximate surface area is 404 Å². The molecule has 0 aliphatic heterocycles. The highest BCUT2D eigenvalue weighted by atomic mass is 19.4. The third-order valence-corrected chi connectivity index (χ3v) is 11.0. The van der Waals surface area contributed by atoms with E-state index in [2.05, 4.69) is 25.4 Å². The van der Waals surface area contributed by atoms with E-state index in [-0.39, 0.29) is 34.8 Å². The number of halogens is 3. The summed E-state index contributed by atoms with van der Waals surface area (Å²) in [5.74, 6) is -1.05. The molecule has 3 aromatic carbocycles. The van der Waals surface area contributed by atoms with Gasteiger partial charge in [-0.05, 0) is 85.5 Å². The number of rotatable bonds is 29. The number of carbonyl (C=O) groups excluding carboxylic acids is 4. The summed E-state index contributed by atoms with van der Waals surface area (Å²) in [6.07, 6.45) is -2.12. The number of aromatic nitrogens is 1. The van der Waals surface area contributed by atoms with Crippen LogP contribution in [0.5, 0.6) is 0 Å². The Balaban J connectivity index is 1.34. The molecule has 0 saturated carbocycles. The van der Waals surface area contributed by atoms with Crippen molar-refractivity contribution < 1.29 is 51.3 Å². The van der Waals surface area contributed by atoms with Crippen LogP contribution in [0.1, 0.15) is 89.7 Å². The van der Waals surface area contributed by atoms with Gasteiger partial charge >= 0.3 is 6.18 Å². The van der Waals surface area contributed by atoms with Crippen LogP contribution in [0.4, 0.5) is 24.5 Å². The molecule has 2 N–H and O–H groups in total. The van der Waals surface area contributed by atoms with Crippen molar-refractivity contribution in [1.29, 1.82) is 0 Å². The predicted octanol–water partition coefficient (Wildman–Crippen LogP) is 8.26. The first-order chi connectivity index (χ1) is 32.9. The number of amides is 3. The molecule has 14 nitrogen and oxygen atoms in total. The van der Waals surface area contributed by atoms with Crippen molar-refractivity contribution in [2.45, 2.75) is 60.2 Å². The van der Waals surface area contributed by atoms with E-state index in [1.807, 2.05) is 46.8 Å². The second-order valence-corrected chi connectivity index (χ2v) is 17.7. The molecule has 0 bridgehead atoms. The zero-order valence-electron chi connectivity index (χ0n) is 41.1. The van der Waals surface area contributed by atoms with Crippen LogP contribution in [0.15, 0.2) is 85.1 Å². The summed E-state index contributed by atoms with van der Waals surface area (Å²) in [6.45, 7) is 16.7. The Morgan fingerprint density at radius 3 is 2.03 bits per heavy atom.